The van der Waals surface area contributed by atoms with Crippen LogP contribution in [0.3, 0.4) is 0 Å². The minimum atomic E-state index is -0.983. The molecule has 0 bridgehead atoms. The molecular formula is C12H16N2O3. The second kappa shape index (κ2) is 5.25. The first-order chi connectivity index (χ1) is 8.19. The zero-order chi connectivity index (χ0) is 12.3. The van der Waals surface area contributed by atoms with Crippen LogP contribution >= 0.6 is 0 Å². The lowest BCUT2D eigenvalue weighted by molar-refractivity contribution is 0.0689. The quantitative estimate of drug-likeness (QED) is 0.845. The van der Waals surface area contributed by atoms with Crippen LogP contribution in [-0.4, -0.2) is 47.3 Å². The van der Waals surface area contributed by atoms with E-state index in [9.17, 15) is 4.79 Å². The summed E-state index contributed by atoms with van der Waals surface area (Å²) in [7, 11) is 1.72. The number of carboxylic acids is 1. The molecule has 5 nitrogen and oxygen atoms in total. The Morgan fingerprint density at radius 3 is 3.12 bits per heavy atom. The molecule has 5 heteroatoms. The van der Waals surface area contributed by atoms with Crippen LogP contribution < -0.4 is 0 Å². The standard InChI is InChI=1S/C12H16N2O3/c1-17-10-5-6-14(8-10)7-9-3-2-4-11(13-9)12(15)16/h2-4,10H,5-8H2,1H3,(H,15,16). The molecule has 0 saturated carbocycles. The molecule has 0 aromatic carbocycles. The maximum absolute atomic E-state index is 10.8. The summed E-state index contributed by atoms with van der Waals surface area (Å²) < 4.78 is 5.28. The van der Waals surface area contributed by atoms with Crippen molar-refractivity contribution < 1.29 is 14.6 Å². The molecule has 0 aliphatic carbocycles. The van der Waals surface area contributed by atoms with E-state index in [1.807, 2.05) is 6.07 Å². The van der Waals surface area contributed by atoms with Crippen LogP contribution in [0.15, 0.2) is 18.2 Å². The van der Waals surface area contributed by atoms with E-state index in [0.29, 0.717) is 6.54 Å². The summed E-state index contributed by atoms with van der Waals surface area (Å²) in [5.41, 5.74) is 0.895. The van der Waals surface area contributed by atoms with Crippen LogP contribution in [0.5, 0.6) is 0 Å². The van der Waals surface area contributed by atoms with Gasteiger partial charge in [0, 0.05) is 26.7 Å². The number of methoxy groups -OCH3 is 1. The first-order valence-corrected chi connectivity index (χ1v) is 5.63. The van der Waals surface area contributed by atoms with Crippen molar-refractivity contribution >= 4 is 5.97 Å². The Morgan fingerprint density at radius 1 is 1.65 bits per heavy atom. The smallest absolute Gasteiger partial charge is 0.354 e. The number of carboxylic acid groups (broad SMARTS) is 1. The molecule has 1 aliphatic heterocycles. The van der Waals surface area contributed by atoms with Crippen molar-refractivity contribution in [2.45, 2.75) is 19.1 Å². The van der Waals surface area contributed by atoms with Crippen molar-refractivity contribution in [2.75, 3.05) is 20.2 Å². The molecule has 1 aromatic heterocycles. The molecule has 1 N–H and O–H groups in total. The SMILES string of the molecule is COC1CCN(Cc2cccc(C(=O)O)n2)C1. The summed E-state index contributed by atoms with van der Waals surface area (Å²) in [5, 5.41) is 8.85. The summed E-state index contributed by atoms with van der Waals surface area (Å²) >= 11 is 0. The lowest BCUT2D eigenvalue weighted by Gasteiger charge is -2.14. The molecule has 1 atom stereocenters. The van der Waals surface area contributed by atoms with Crippen LogP contribution in [-0.2, 0) is 11.3 Å². The predicted molar refractivity (Wildman–Crippen MR) is 61.9 cm³/mol. The van der Waals surface area contributed by atoms with Crippen LogP contribution in [0.1, 0.15) is 22.6 Å². The van der Waals surface area contributed by atoms with Crippen molar-refractivity contribution in [2.24, 2.45) is 0 Å². The fraction of sp³-hybridized carbons (Fsp3) is 0.500. The van der Waals surface area contributed by atoms with E-state index >= 15 is 0 Å². The van der Waals surface area contributed by atoms with Crippen molar-refractivity contribution in [3.63, 3.8) is 0 Å². The molecule has 1 unspecified atom stereocenters. The Balaban J connectivity index is 1.99. The highest BCUT2D eigenvalue weighted by atomic mass is 16.5. The van der Waals surface area contributed by atoms with Crippen molar-refractivity contribution in [3.05, 3.63) is 29.6 Å². The van der Waals surface area contributed by atoms with Gasteiger partial charge in [0.05, 0.1) is 11.8 Å². The minimum absolute atomic E-state index is 0.102. The number of pyridine rings is 1. The molecule has 2 rings (SSSR count). The third kappa shape index (κ3) is 3.01. The van der Waals surface area contributed by atoms with E-state index in [-0.39, 0.29) is 11.8 Å². The number of hydrogen-bond acceptors (Lipinski definition) is 4. The van der Waals surface area contributed by atoms with Crippen LogP contribution in [0.4, 0.5) is 0 Å². The fourth-order valence-electron chi connectivity index (χ4n) is 2.05. The number of aromatic carboxylic acids is 1. The summed E-state index contributed by atoms with van der Waals surface area (Å²) in [6.07, 6.45) is 1.31. The summed E-state index contributed by atoms with van der Waals surface area (Å²) in [6, 6.07) is 5.09. The Bertz CT molecular complexity index is 408. The van der Waals surface area contributed by atoms with E-state index < -0.39 is 5.97 Å². The van der Waals surface area contributed by atoms with Gasteiger partial charge in [-0.15, -0.1) is 0 Å². The van der Waals surface area contributed by atoms with Gasteiger partial charge in [0.15, 0.2) is 0 Å². The largest absolute Gasteiger partial charge is 0.477 e. The predicted octanol–water partition coefficient (Wildman–Crippen LogP) is 1.00. The molecule has 1 aromatic rings. The molecule has 2 heterocycles. The zero-order valence-corrected chi connectivity index (χ0v) is 9.80. The third-order valence-electron chi connectivity index (χ3n) is 2.97. The number of rotatable bonds is 4. The van der Waals surface area contributed by atoms with Gasteiger partial charge in [-0.2, -0.15) is 0 Å². The summed E-state index contributed by atoms with van der Waals surface area (Å²) in [4.78, 5) is 17.1. The van der Waals surface area contributed by atoms with E-state index in [1.54, 1.807) is 13.2 Å². The number of nitrogens with zero attached hydrogens (tertiary/aromatic N) is 2. The van der Waals surface area contributed by atoms with Gasteiger partial charge in [-0.05, 0) is 18.6 Å². The lowest BCUT2D eigenvalue weighted by atomic mass is 10.3. The molecule has 1 aliphatic rings. The molecule has 0 radical (unpaired) electrons. The van der Waals surface area contributed by atoms with Gasteiger partial charge in [-0.25, -0.2) is 9.78 Å². The number of likely N-dealkylation sites (tertiary alicyclic amines) is 1. The summed E-state index contributed by atoms with van der Waals surface area (Å²) in [5.74, 6) is -0.983. The van der Waals surface area contributed by atoms with Gasteiger partial charge >= 0.3 is 5.97 Å². The van der Waals surface area contributed by atoms with Gasteiger partial charge < -0.3 is 9.84 Å². The highest BCUT2D eigenvalue weighted by molar-refractivity contribution is 5.85. The molecule has 92 valence electrons. The maximum Gasteiger partial charge on any atom is 0.354 e. The minimum Gasteiger partial charge on any atom is -0.477 e. The molecule has 0 spiro atoms. The van der Waals surface area contributed by atoms with E-state index in [1.165, 1.54) is 6.07 Å². The number of hydrogen-bond donors (Lipinski definition) is 1. The van der Waals surface area contributed by atoms with Gasteiger partial charge in [0.25, 0.3) is 0 Å². The van der Waals surface area contributed by atoms with Crippen LogP contribution in [0.2, 0.25) is 0 Å². The monoisotopic (exact) mass is 236 g/mol. The molecular weight excluding hydrogens is 220 g/mol. The second-order valence-corrected chi connectivity index (χ2v) is 4.20. The normalized spacial score (nSPS) is 20.6. The number of aromatic nitrogens is 1. The Labute approximate surface area is 100 Å². The molecule has 1 fully saturated rings. The van der Waals surface area contributed by atoms with Gasteiger partial charge in [0.1, 0.15) is 5.69 Å². The molecule has 0 amide bonds. The van der Waals surface area contributed by atoms with Gasteiger partial charge in [-0.1, -0.05) is 6.07 Å². The third-order valence-corrected chi connectivity index (χ3v) is 2.97. The first-order valence-electron chi connectivity index (χ1n) is 5.63. The Hall–Kier alpha value is -1.46. The second-order valence-electron chi connectivity index (χ2n) is 4.20. The molecule has 17 heavy (non-hydrogen) atoms. The number of carbonyl (C=O) groups is 1. The fourth-order valence-corrected chi connectivity index (χ4v) is 2.05. The molecule has 1 saturated heterocycles. The summed E-state index contributed by atoms with van der Waals surface area (Å²) in [6.45, 7) is 2.54. The maximum atomic E-state index is 10.8. The van der Waals surface area contributed by atoms with Crippen molar-refractivity contribution in [1.29, 1.82) is 0 Å². The number of ether oxygens (including phenoxy) is 1. The van der Waals surface area contributed by atoms with Gasteiger partial charge in [-0.3, -0.25) is 4.90 Å². The van der Waals surface area contributed by atoms with E-state index in [2.05, 4.69) is 9.88 Å². The first kappa shape index (κ1) is 12.0. The van der Waals surface area contributed by atoms with Gasteiger partial charge in [0.2, 0.25) is 0 Å². The van der Waals surface area contributed by atoms with Crippen molar-refractivity contribution in [3.8, 4) is 0 Å². The Morgan fingerprint density at radius 2 is 2.47 bits per heavy atom. The highest BCUT2D eigenvalue weighted by Gasteiger charge is 2.22. The average Bonchev–Trinajstić information content (AvgIpc) is 2.77. The lowest BCUT2D eigenvalue weighted by Crippen LogP contribution is -2.23. The van der Waals surface area contributed by atoms with Crippen LogP contribution in [0.25, 0.3) is 0 Å². The highest BCUT2D eigenvalue weighted by Crippen LogP contribution is 2.14. The van der Waals surface area contributed by atoms with E-state index in [4.69, 9.17) is 9.84 Å². The van der Waals surface area contributed by atoms with E-state index in [0.717, 1.165) is 25.2 Å². The van der Waals surface area contributed by atoms with Crippen molar-refractivity contribution in [1.82, 2.24) is 9.88 Å². The van der Waals surface area contributed by atoms with Crippen LogP contribution in [0, 0.1) is 0 Å². The topological polar surface area (TPSA) is 62.7 Å². The average molecular weight is 236 g/mol. The Kier molecular flexibility index (Phi) is 3.71. The zero-order valence-electron chi connectivity index (χ0n) is 9.80.